The van der Waals surface area contributed by atoms with Crippen molar-refractivity contribution in [3.8, 4) is 0 Å². The van der Waals surface area contributed by atoms with Crippen LogP contribution in [0.5, 0.6) is 0 Å². The smallest absolute Gasteiger partial charge is 0.407 e. The van der Waals surface area contributed by atoms with Gasteiger partial charge in [-0.25, -0.2) is 4.79 Å². The van der Waals surface area contributed by atoms with Crippen molar-refractivity contribution in [1.82, 2.24) is 5.32 Å². The minimum atomic E-state index is -4.40. The topological polar surface area (TPSA) is 38.3 Å². The summed E-state index contributed by atoms with van der Waals surface area (Å²) in [4.78, 5) is 10.4. The molecule has 0 aliphatic rings. The van der Waals surface area contributed by atoms with Crippen LogP contribution in [0, 0.1) is 0 Å². The Morgan fingerprint density at radius 3 is 2.50 bits per heavy atom. The second kappa shape index (κ2) is 5.23. The number of rotatable bonds is 3. The third kappa shape index (κ3) is 7.64. The first-order valence-corrected chi connectivity index (χ1v) is 4.11. The molecule has 0 aliphatic heterocycles. The molecule has 0 aromatic heterocycles. The van der Waals surface area contributed by atoms with Crippen LogP contribution in [0.15, 0.2) is 0 Å². The number of alkyl halides is 4. The fourth-order valence-corrected chi connectivity index (χ4v) is 0.517. The highest BCUT2D eigenvalue weighted by Gasteiger charge is 2.27. The van der Waals surface area contributed by atoms with Gasteiger partial charge in [0.25, 0.3) is 0 Å². The molecule has 0 heterocycles. The predicted octanol–water partition coefficient (Wildman–Crippen LogP) is 1.67. The van der Waals surface area contributed by atoms with Gasteiger partial charge in [0.15, 0.2) is 0 Å². The Morgan fingerprint density at radius 2 is 2.08 bits per heavy atom. The minimum Gasteiger partial charge on any atom is -0.449 e. The molecular formula is C5H7BrF3NO2. The van der Waals surface area contributed by atoms with Crippen LogP contribution in [-0.4, -0.2) is 30.8 Å². The molecule has 0 aromatic carbocycles. The number of hydrogen-bond acceptors (Lipinski definition) is 2. The number of ether oxygens (including phenoxy) is 1. The van der Waals surface area contributed by atoms with Crippen molar-refractivity contribution >= 4 is 22.0 Å². The standard InChI is InChI=1S/C5H7BrF3NO2/c6-1-2-12-4(11)10-3-5(7,8)9/h1-3H2,(H,10,11). The first-order valence-electron chi connectivity index (χ1n) is 2.99. The van der Waals surface area contributed by atoms with E-state index in [2.05, 4.69) is 20.7 Å². The number of alkyl carbamates (subject to hydrolysis) is 1. The van der Waals surface area contributed by atoms with Gasteiger partial charge in [-0.3, -0.25) is 0 Å². The molecule has 1 N–H and O–H groups in total. The van der Waals surface area contributed by atoms with Crippen LogP contribution < -0.4 is 5.32 Å². The Bertz CT molecular complexity index is 150. The lowest BCUT2D eigenvalue weighted by Gasteiger charge is -2.07. The first kappa shape index (κ1) is 11.5. The Kier molecular flexibility index (Phi) is 5.03. The van der Waals surface area contributed by atoms with Crippen LogP contribution >= 0.6 is 15.9 Å². The van der Waals surface area contributed by atoms with E-state index < -0.39 is 18.8 Å². The van der Waals surface area contributed by atoms with Gasteiger partial charge >= 0.3 is 12.3 Å². The van der Waals surface area contributed by atoms with Gasteiger partial charge in [0.1, 0.15) is 13.2 Å². The fourth-order valence-electron chi connectivity index (χ4n) is 0.355. The lowest BCUT2D eigenvalue weighted by Crippen LogP contribution is -2.34. The van der Waals surface area contributed by atoms with Gasteiger partial charge < -0.3 is 10.1 Å². The molecule has 3 nitrogen and oxygen atoms in total. The highest BCUT2D eigenvalue weighted by molar-refractivity contribution is 9.09. The average Bonchev–Trinajstić information content (AvgIpc) is 1.95. The van der Waals surface area contributed by atoms with Crippen molar-refractivity contribution in [2.45, 2.75) is 6.18 Å². The van der Waals surface area contributed by atoms with E-state index >= 15 is 0 Å². The van der Waals surface area contributed by atoms with Crippen molar-refractivity contribution in [3.05, 3.63) is 0 Å². The monoisotopic (exact) mass is 249 g/mol. The van der Waals surface area contributed by atoms with Crippen molar-refractivity contribution in [1.29, 1.82) is 0 Å². The maximum Gasteiger partial charge on any atom is 0.407 e. The molecule has 7 heteroatoms. The molecule has 0 aromatic rings. The molecule has 0 atom stereocenters. The van der Waals surface area contributed by atoms with Gasteiger partial charge in [0, 0.05) is 5.33 Å². The Morgan fingerprint density at radius 1 is 1.50 bits per heavy atom. The molecular weight excluding hydrogens is 243 g/mol. The summed E-state index contributed by atoms with van der Waals surface area (Å²) in [6.45, 7) is -1.32. The summed E-state index contributed by atoms with van der Waals surface area (Å²) in [7, 11) is 0. The Labute approximate surface area is 75.4 Å². The molecule has 0 bridgehead atoms. The zero-order valence-electron chi connectivity index (χ0n) is 5.95. The molecule has 0 radical (unpaired) electrons. The van der Waals surface area contributed by atoms with Crippen LogP contribution in [0.4, 0.5) is 18.0 Å². The Hall–Kier alpha value is -0.460. The summed E-state index contributed by atoms with van der Waals surface area (Å²) in [6, 6.07) is 0. The maximum absolute atomic E-state index is 11.5. The van der Waals surface area contributed by atoms with E-state index in [1.165, 1.54) is 0 Å². The lowest BCUT2D eigenvalue weighted by atomic mass is 10.6. The number of amides is 1. The number of carbonyl (C=O) groups excluding carboxylic acids is 1. The van der Waals surface area contributed by atoms with Gasteiger partial charge in [0.2, 0.25) is 0 Å². The summed E-state index contributed by atoms with van der Waals surface area (Å²) < 4.78 is 38.7. The molecule has 0 rings (SSSR count). The molecule has 1 amide bonds. The third-order valence-corrected chi connectivity index (χ3v) is 1.07. The Balaban J connectivity index is 3.44. The van der Waals surface area contributed by atoms with E-state index in [-0.39, 0.29) is 6.61 Å². The SMILES string of the molecule is O=C(NCC(F)(F)F)OCCBr. The molecule has 0 aliphatic carbocycles. The van der Waals surface area contributed by atoms with Gasteiger partial charge in [0.05, 0.1) is 0 Å². The molecule has 72 valence electrons. The summed E-state index contributed by atoms with van der Waals surface area (Å²) in [6.07, 6.45) is -5.46. The zero-order chi connectivity index (χ0) is 9.61. The minimum absolute atomic E-state index is 0.0453. The normalized spacial score (nSPS) is 11.0. The van der Waals surface area contributed by atoms with Crippen LogP contribution in [0.25, 0.3) is 0 Å². The largest absolute Gasteiger partial charge is 0.449 e. The van der Waals surface area contributed by atoms with Gasteiger partial charge in [-0.15, -0.1) is 0 Å². The fraction of sp³-hybridized carbons (Fsp3) is 0.800. The van der Waals surface area contributed by atoms with Gasteiger partial charge in [-0.1, -0.05) is 15.9 Å². The molecule has 0 saturated heterocycles. The van der Waals surface area contributed by atoms with Crippen molar-refractivity contribution in [3.63, 3.8) is 0 Å². The first-order chi connectivity index (χ1) is 5.45. The molecule has 0 fully saturated rings. The average molecular weight is 250 g/mol. The van der Waals surface area contributed by atoms with Gasteiger partial charge in [-0.2, -0.15) is 13.2 Å². The van der Waals surface area contributed by atoms with Crippen LogP contribution in [0.2, 0.25) is 0 Å². The van der Waals surface area contributed by atoms with Crippen LogP contribution in [-0.2, 0) is 4.74 Å². The van der Waals surface area contributed by atoms with E-state index in [9.17, 15) is 18.0 Å². The summed E-state index contributed by atoms with van der Waals surface area (Å²) in [5, 5.41) is 1.95. The molecule has 0 spiro atoms. The predicted molar refractivity (Wildman–Crippen MR) is 39.2 cm³/mol. The van der Waals surface area contributed by atoms with E-state index in [1.54, 1.807) is 5.32 Å². The quantitative estimate of drug-likeness (QED) is 0.773. The number of carbonyl (C=O) groups is 1. The number of halogens is 4. The van der Waals surface area contributed by atoms with E-state index in [1.807, 2.05) is 0 Å². The van der Waals surface area contributed by atoms with E-state index in [0.717, 1.165) is 0 Å². The van der Waals surface area contributed by atoms with E-state index in [0.29, 0.717) is 5.33 Å². The van der Waals surface area contributed by atoms with Crippen molar-refractivity contribution < 1.29 is 22.7 Å². The maximum atomic E-state index is 11.5. The zero-order valence-corrected chi connectivity index (χ0v) is 7.54. The number of hydrogen-bond donors (Lipinski definition) is 1. The van der Waals surface area contributed by atoms with Crippen molar-refractivity contribution in [2.75, 3.05) is 18.5 Å². The molecule has 0 unspecified atom stereocenters. The molecule has 12 heavy (non-hydrogen) atoms. The van der Waals surface area contributed by atoms with Crippen molar-refractivity contribution in [2.24, 2.45) is 0 Å². The summed E-state index contributed by atoms with van der Waals surface area (Å²) >= 11 is 2.94. The lowest BCUT2D eigenvalue weighted by molar-refractivity contribution is -0.123. The van der Waals surface area contributed by atoms with Gasteiger partial charge in [-0.05, 0) is 0 Å². The second-order valence-corrected chi connectivity index (χ2v) is 2.59. The highest BCUT2D eigenvalue weighted by atomic mass is 79.9. The second-order valence-electron chi connectivity index (χ2n) is 1.79. The number of nitrogens with one attached hydrogen (secondary N) is 1. The third-order valence-electron chi connectivity index (χ3n) is 0.743. The molecule has 0 saturated carbocycles. The summed E-state index contributed by atoms with van der Waals surface area (Å²) in [5.74, 6) is 0. The van der Waals surface area contributed by atoms with E-state index in [4.69, 9.17) is 0 Å². The highest BCUT2D eigenvalue weighted by Crippen LogP contribution is 2.11. The van der Waals surface area contributed by atoms with Crippen LogP contribution in [0.1, 0.15) is 0 Å². The van der Waals surface area contributed by atoms with Crippen LogP contribution in [0.3, 0.4) is 0 Å². The summed E-state index contributed by atoms with van der Waals surface area (Å²) in [5.41, 5.74) is 0.